The quantitative estimate of drug-likeness (QED) is 0.269. The van der Waals surface area contributed by atoms with Crippen LogP contribution in [0.1, 0.15) is 36.1 Å². The van der Waals surface area contributed by atoms with Gasteiger partial charge in [-0.15, -0.1) is 0 Å². The molecule has 3 aromatic rings. The summed E-state index contributed by atoms with van der Waals surface area (Å²) in [5, 5.41) is 11.3. The van der Waals surface area contributed by atoms with Gasteiger partial charge in [-0.1, -0.05) is 13.0 Å². The fourth-order valence-corrected chi connectivity index (χ4v) is 4.19. The van der Waals surface area contributed by atoms with Crippen molar-refractivity contribution in [3.63, 3.8) is 0 Å². The molecule has 1 fully saturated rings. The number of nitrogens with zero attached hydrogens (tertiary/aromatic N) is 2. The average molecular weight is 489 g/mol. The summed E-state index contributed by atoms with van der Waals surface area (Å²) in [7, 11) is 3.04. The average Bonchev–Trinajstić information content (AvgIpc) is 3.16. The minimum atomic E-state index is -0.911. The lowest BCUT2D eigenvalue weighted by atomic mass is 9.94. The van der Waals surface area contributed by atoms with Crippen molar-refractivity contribution in [1.82, 2.24) is 9.88 Å². The van der Waals surface area contributed by atoms with E-state index in [0.29, 0.717) is 35.0 Å². The van der Waals surface area contributed by atoms with Gasteiger partial charge in [0.1, 0.15) is 23.0 Å². The van der Waals surface area contributed by atoms with Crippen molar-refractivity contribution in [3.05, 3.63) is 89.3 Å². The Labute approximate surface area is 209 Å². The largest absolute Gasteiger partial charge is 0.507 e. The molecule has 0 saturated carbocycles. The van der Waals surface area contributed by atoms with Crippen molar-refractivity contribution in [1.29, 1.82) is 0 Å². The SMILES string of the molecule is CCCOc1ccc(/C(O)=C2\C(=O)C(=O)N(Cc3cccnc3)[C@H]2c2cc(OC)ccc2OC)cc1. The molecule has 8 nitrogen and oxygen atoms in total. The predicted molar refractivity (Wildman–Crippen MR) is 134 cm³/mol. The van der Waals surface area contributed by atoms with Crippen LogP contribution in [0.15, 0.2) is 72.6 Å². The number of amides is 1. The highest BCUT2D eigenvalue weighted by Crippen LogP contribution is 2.44. The standard InChI is InChI=1S/C28H28N2O6/c1-4-14-36-20-9-7-19(8-10-20)26(31)24-25(22-15-21(34-2)11-12-23(22)35-3)30(28(33)27(24)32)17-18-6-5-13-29-16-18/h5-13,15-16,25,31H,4,14,17H2,1-3H3/b26-24+/t25-/m0/s1. The smallest absolute Gasteiger partial charge is 0.295 e. The Hall–Kier alpha value is -4.33. The minimum Gasteiger partial charge on any atom is -0.507 e. The van der Waals surface area contributed by atoms with E-state index in [4.69, 9.17) is 14.2 Å². The number of aliphatic hydroxyl groups is 1. The van der Waals surface area contributed by atoms with Crippen LogP contribution < -0.4 is 14.2 Å². The number of methoxy groups -OCH3 is 2. The molecule has 36 heavy (non-hydrogen) atoms. The number of hydrogen-bond acceptors (Lipinski definition) is 7. The van der Waals surface area contributed by atoms with E-state index in [1.807, 2.05) is 13.0 Å². The normalized spacial score (nSPS) is 16.8. The summed E-state index contributed by atoms with van der Waals surface area (Å²) in [6.07, 6.45) is 4.13. The van der Waals surface area contributed by atoms with Crippen LogP contribution in [0.2, 0.25) is 0 Å². The first kappa shape index (κ1) is 24.8. The molecular formula is C28H28N2O6. The summed E-state index contributed by atoms with van der Waals surface area (Å²) < 4.78 is 16.6. The molecule has 0 radical (unpaired) electrons. The van der Waals surface area contributed by atoms with E-state index in [1.54, 1.807) is 60.9 Å². The second-order valence-electron chi connectivity index (χ2n) is 8.27. The number of rotatable bonds is 9. The Bertz CT molecular complexity index is 1270. The number of likely N-dealkylation sites (tertiary alicyclic amines) is 1. The molecule has 0 unspecified atom stereocenters. The van der Waals surface area contributed by atoms with Crippen LogP contribution in [0.4, 0.5) is 0 Å². The maximum Gasteiger partial charge on any atom is 0.295 e. The van der Waals surface area contributed by atoms with Crippen LogP contribution in [-0.4, -0.2) is 47.5 Å². The number of hydrogen-bond donors (Lipinski definition) is 1. The molecule has 1 saturated heterocycles. The number of ether oxygens (including phenoxy) is 3. The topological polar surface area (TPSA) is 98.2 Å². The van der Waals surface area contributed by atoms with Gasteiger partial charge < -0.3 is 24.2 Å². The van der Waals surface area contributed by atoms with Crippen molar-refractivity contribution in [2.24, 2.45) is 0 Å². The first-order valence-corrected chi connectivity index (χ1v) is 11.6. The zero-order chi connectivity index (χ0) is 25.7. The van der Waals surface area contributed by atoms with E-state index in [0.717, 1.165) is 12.0 Å². The minimum absolute atomic E-state index is 0.0299. The van der Waals surface area contributed by atoms with Gasteiger partial charge in [-0.05, 0) is 60.5 Å². The molecule has 1 aromatic heterocycles. The van der Waals surface area contributed by atoms with Crippen molar-refractivity contribution in [2.75, 3.05) is 20.8 Å². The molecular weight excluding hydrogens is 460 g/mol. The van der Waals surface area contributed by atoms with Crippen molar-refractivity contribution in [2.45, 2.75) is 25.9 Å². The Morgan fingerprint density at radius 3 is 2.42 bits per heavy atom. The van der Waals surface area contributed by atoms with E-state index in [1.165, 1.54) is 19.1 Å². The van der Waals surface area contributed by atoms with Gasteiger partial charge in [0.2, 0.25) is 0 Å². The lowest BCUT2D eigenvalue weighted by Gasteiger charge is -2.27. The van der Waals surface area contributed by atoms with Gasteiger partial charge in [0.25, 0.3) is 11.7 Å². The van der Waals surface area contributed by atoms with Crippen LogP contribution in [0.3, 0.4) is 0 Å². The Morgan fingerprint density at radius 1 is 1.03 bits per heavy atom. The van der Waals surface area contributed by atoms with E-state index in [9.17, 15) is 14.7 Å². The maximum absolute atomic E-state index is 13.3. The fraction of sp³-hybridized carbons (Fsp3) is 0.250. The first-order valence-electron chi connectivity index (χ1n) is 11.6. The van der Waals surface area contributed by atoms with Crippen LogP contribution in [0.5, 0.6) is 17.2 Å². The molecule has 1 N–H and O–H groups in total. The molecule has 2 heterocycles. The third-order valence-electron chi connectivity index (χ3n) is 5.95. The van der Waals surface area contributed by atoms with Crippen LogP contribution >= 0.6 is 0 Å². The van der Waals surface area contributed by atoms with Crippen molar-refractivity contribution >= 4 is 17.4 Å². The van der Waals surface area contributed by atoms with Crippen molar-refractivity contribution in [3.8, 4) is 17.2 Å². The second kappa shape index (κ2) is 10.9. The van der Waals surface area contributed by atoms with Gasteiger partial charge >= 0.3 is 0 Å². The lowest BCUT2D eigenvalue weighted by molar-refractivity contribution is -0.140. The molecule has 0 bridgehead atoms. The third kappa shape index (κ3) is 4.88. The summed E-state index contributed by atoms with van der Waals surface area (Å²) in [5.41, 5.74) is 1.62. The fourth-order valence-electron chi connectivity index (χ4n) is 4.19. The maximum atomic E-state index is 13.3. The Balaban J connectivity index is 1.86. The lowest BCUT2D eigenvalue weighted by Crippen LogP contribution is -2.29. The zero-order valence-corrected chi connectivity index (χ0v) is 20.4. The van der Waals surface area contributed by atoms with Gasteiger partial charge in [-0.3, -0.25) is 14.6 Å². The summed E-state index contributed by atoms with van der Waals surface area (Å²) in [5.74, 6) is -0.158. The molecule has 8 heteroatoms. The van der Waals surface area contributed by atoms with Crippen molar-refractivity contribution < 1.29 is 28.9 Å². The van der Waals surface area contributed by atoms with Gasteiger partial charge in [0.05, 0.1) is 32.4 Å². The third-order valence-corrected chi connectivity index (χ3v) is 5.95. The van der Waals surface area contributed by atoms with E-state index in [-0.39, 0.29) is 17.9 Å². The highest BCUT2D eigenvalue weighted by atomic mass is 16.5. The van der Waals surface area contributed by atoms with Gasteiger partial charge in [0.15, 0.2) is 0 Å². The molecule has 2 aromatic carbocycles. The molecule has 4 rings (SSSR count). The molecule has 1 aliphatic rings. The zero-order valence-electron chi connectivity index (χ0n) is 20.4. The summed E-state index contributed by atoms with van der Waals surface area (Å²) in [4.78, 5) is 32.2. The summed E-state index contributed by atoms with van der Waals surface area (Å²) in [6.45, 7) is 2.70. The van der Waals surface area contributed by atoms with E-state index < -0.39 is 17.7 Å². The number of Topliss-reactive ketones (excluding diaryl/α,β-unsaturated/α-hetero) is 1. The Kier molecular flexibility index (Phi) is 7.53. The Morgan fingerprint density at radius 2 is 1.78 bits per heavy atom. The number of aromatic nitrogens is 1. The second-order valence-corrected chi connectivity index (χ2v) is 8.27. The summed E-state index contributed by atoms with van der Waals surface area (Å²) in [6, 6.07) is 14.6. The number of ketones is 1. The number of carbonyl (C=O) groups is 2. The molecule has 0 spiro atoms. The number of aliphatic hydroxyl groups excluding tert-OH is 1. The number of benzene rings is 2. The van der Waals surface area contributed by atoms with Crippen LogP contribution in [0.25, 0.3) is 5.76 Å². The first-order chi connectivity index (χ1) is 17.5. The van der Waals surface area contributed by atoms with Crippen LogP contribution in [-0.2, 0) is 16.1 Å². The number of carbonyl (C=O) groups excluding carboxylic acids is 2. The molecule has 0 aliphatic carbocycles. The monoisotopic (exact) mass is 488 g/mol. The van der Waals surface area contributed by atoms with E-state index in [2.05, 4.69) is 4.98 Å². The molecule has 186 valence electrons. The molecule has 1 atom stereocenters. The summed E-state index contributed by atoms with van der Waals surface area (Å²) >= 11 is 0. The predicted octanol–water partition coefficient (Wildman–Crippen LogP) is 4.51. The van der Waals surface area contributed by atoms with Crippen LogP contribution in [0, 0.1) is 0 Å². The van der Waals surface area contributed by atoms with Gasteiger partial charge in [0, 0.05) is 30.1 Å². The highest BCUT2D eigenvalue weighted by molar-refractivity contribution is 6.46. The highest BCUT2D eigenvalue weighted by Gasteiger charge is 2.47. The molecule has 1 amide bonds. The van der Waals surface area contributed by atoms with Gasteiger partial charge in [-0.2, -0.15) is 0 Å². The van der Waals surface area contributed by atoms with E-state index >= 15 is 0 Å². The van der Waals surface area contributed by atoms with Gasteiger partial charge in [-0.25, -0.2) is 0 Å². The molecule has 1 aliphatic heterocycles. The number of pyridine rings is 1.